The van der Waals surface area contributed by atoms with E-state index in [1.807, 2.05) is 0 Å². The van der Waals surface area contributed by atoms with Gasteiger partial charge in [-0.1, -0.05) is 11.6 Å². The first-order valence-electron chi connectivity index (χ1n) is 3.55. The van der Waals surface area contributed by atoms with Gasteiger partial charge in [-0.2, -0.15) is 13.2 Å². The summed E-state index contributed by atoms with van der Waals surface area (Å²) in [5.74, 6) is -1.93. The molecular formula is C8H6Cl2F3NO. The summed E-state index contributed by atoms with van der Waals surface area (Å²) in [6.07, 6.45) is -4.89. The third kappa shape index (κ3) is 3.37. The van der Waals surface area contributed by atoms with Gasteiger partial charge < -0.3 is 18.1 Å². The lowest BCUT2D eigenvalue weighted by molar-refractivity contribution is -0.255. The van der Waals surface area contributed by atoms with E-state index in [4.69, 9.17) is 11.6 Å². The summed E-state index contributed by atoms with van der Waals surface area (Å²) in [5, 5.41) is 0.0741. The minimum absolute atomic E-state index is 0. The maximum absolute atomic E-state index is 12.0. The molecule has 0 unspecified atom stereocenters. The van der Waals surface area contributed by atoms with Crippen molar-refractivity contribution in [2.24, 2.45) is 0 Å². The van der Waals surface area contributed by atoms with Crippen molar-refractivity contribution in [2.45, 2.75) is 6.18 Å². The van der Waals surface area contributed by atoms with Crippen molar-refractivity contribution in [1.29, 1.82) is 0 Å². The molecule has 0 spiro atoms. The van der Waals surface area contributed by atoms with Gasteiger partial charge in [-0.05, 0) is 12.1 Å². The van der Waals surface area contributed by atoms with Crippen molar-refractivity contribution in [2.75, 3.05) is 0 Å². The van der Waals surface area contributed by atoms with Crippen LogP contribution in [-0.4, -0.2) is 12.0 Å². The first kappa shape index (κ1) is 14.2. The highest BCUT2D eigenvalue weighted by atomic mass is 35.5. The Hall–Kier alpha value is -0.780. The normalized spacial score (nSPS) is 10.7. The minimum atomic E-state index is -4.89. The zero-order chi connectivity index (χ0) is 10.9. The standard InChI is InChI=1S/C8H5ClF3NO.ClH/c9-4-1-2-6(13)5(3-4)7(14)8(10,11)12;/h1-3H,13H2;1H. The predicted octanol–water partition coefficient (Wildman–Crippen LogP) is -1.04. The predicted molar refractivity (Wildman–Crippen MR) is 44.4 cm³/mol. The SMILES string of the molecule is [Cl-].[NH3+]c1ccc(Cl)cc1C(=O)C(F)(F)F. The van der Waals surface area contributed by atoms with Crippen LogP contribution in [-0.2, 0) is 0 Å². The Morgan fingerprint density at radius 2 is 1.87 bits per heavy atom. The number of ketones is 1. The van der Waals surface area contributed by atoms with Crippen molar-refractivity contribution in [3.8, 4) is 0 Å². The Morgan fingerprint density at radius 1 is 1.33 bits per heavy atom. The molecule has 1 aromatic rings. The van der Waals surface area contributed by atoms with Crippen LogP contribution in [0.25, 0.3) is 0 Å². The van der Waals surface area contributed by atoms with E-state index in [0.717, 1.165) is 6.07 Å². The van der Waals surface area contributed by atoms with Gasteiger partial charge in [0, 0.05) is 11.1 Å². The molecule has 0 aromatic heterocycles. The average Bonchev–Trinajstić information content (AvgIpc) is 2.06. The first-order valence-corrected chi connectivity index (χ1v) is 3.93. The lowest BCUT2D eigenvalue weighted by atomic mass is 10.1. The number of hydrogen-bond acceptors (Lipinski definition) is 1. The lowest BCUT2D eigenvalue weighted by Gasteiger charge is -2.05. The third-order valence-corrected chi connectivity index (χ3v) is 1.81. The van der Waals surface area contributed by atoms with Crippen molar-refractivity contribution < 1.29 is 36.1 Å². The molecule has 15 heavy (non-hydrogen) atoms. The van der Waals surface area contributed by atoms with Crippen LogP contribution >= 0.6 is 11.6 Å². The molecule has 2 nitrogen and oxygen atoms in total. The van der Waals surface area contributed by atoms with Gasteiger partial charge in [-0.15, -0.1) is 0 Å². The van der Waals surface area contributed by atoms with Crippen LogP contribution in [0.3, 0.4) is 0 Å². The number of rotatable bonds is 1. The molecule has 0 aliphatic rings. The molecular weight excluding hydrogens is 254 g/mol. The fourth-order valence-corrected chi connectivity index (χ4v) is 1.08. The van der Waals surface area contributed by atoms with Crippen LogP contribution in [0, 0.1) is 0 Å². The molecule has 0 fully saturated rings. The van der Waals surface area contributed by atoms with E-state index in [9.17, 15) is 18.0 Å². The van der Waals surface area contributed by atoms with Crippen LogP contribution in [0.2, 0.25) is 5.02 Å². The highest BCUT2D eigenvalue weighted by molar-refractivity contribution is 6.31. The monoisotopic (exact) mass is 259 g/mol. The van der Waals surface area contributed by atoms with E-state index in [2.05, 4.69) is 5.73 Å². The highest BCUT2D eigenvalue weighted by Crippen LogP contribution is 2.26. The highest BCUT2D eigenvalue weighted by Gasteiger charge is 2.41. The molecule has 0 atom stereocenters. The van der Waals surface area contributed by atoms with Gasteiger partial charge in [0.1, 0.15) is 5.69 Å². The van der Waals surface area contributed by atoms with Gasteiger partial charge in [-0.3, -0.25) is 4.79 Å². The van der Waals surface area contributed by atoms with E-state index < -0.39 is 17.5 Å². The molecule has 0 saturated heterocycles. The second-order valence-corrected chi connectivity index (χ2v) is 3.06. The maximum atomic E-state index is 12.0. The molecule has 1 rings (SSSR count). The largest absolute Gasteiger partial charge is 1.00 e. The zero-order valence-electron chi connectivity index (χ0n) is 7.24. The topological polar surface area (TPSA) is 44.7 Å². The second kappa shape index (κ2) is 4.83. The van der Waals surface area contributed by atoms with Crippen molar-refractivity contribution in [3.05, 3.63) is 28.8 Å². The second-order valence-electron chi connectivity index (χ2n) is 2.63. The smallest absolute Gasteiger partial charge is 0.455 e. The average molecular weight is 260 g/mol. The molecule has 0 aliphatic heterocycles. The van der Waals surface area contributed by atoms with E-state index in [1.165, 1.54) is 12.1 Å². The minimum Gasteiger partial charge on any atom is -1.00 e. The van der Waals surface area contributed by atoms with Crippen LogP contribution < -0.4 is 18.1 Å². The number of hydrogen-bond donors (Lipinski definition) is 1. The summed E-state index contributed by atoms with van der Waals surface area (Å²) < 4.78 is 36.1. The molecule has 0 bridgehead atoms. The van der Waals surface area contributed by atoms with Gasteiger partial charge in [-0.25, -0.2) is 0 Å². The number of benzene rings is 1. The summed E-state index contributed by atoms with van der Waals surface area (Å²) in [7, 11) is 0. The molecule has 1 aromatic carbocycles. The van der Waals surface area contributed by atoms with E-state index >= 15 is 0 Å². The van der Waals surface area contributed by atoms with Crippen LogP contribution in [0.15, 0.2) is 18.2 Å². The molecule has 84 valence electrons. The molecule has 0 radical (unpaired) electrons. The van der Waals surface area contributed by atoms with Gasteiger partial charge in [0.25, 0.3) is 5.78 Å². The van der Waals surface area contributed by atoms with Gasteiger partial charge >= 0.3 is 6.18 Å². The molecule has 0 amide bonds. The molecule has 0 saturated carbocycles. The van der Waals surface area contributed by atoms with Crippen LogP contribution in [0.1, 0.15) is 10.4 Å². The Kier molecular flexibility index (Phi) is 4.58. The Morgan fingerprint density at radius 3 is 2.33 bits per heavy atom. The number of halogens is 5. The van der Waals surface area contributed by atoms with Crippen molar-refractivity contribution in [3.63, 3.8) is 0 Å². The Bertz CT molecular complexity index is 379. The fourth-order valence-electron chi connectivity index (χ4n) is 0.913. The molecule has 3 N–H and O–H groups in total. The van der Waals surface area contributed by atoms with E-state index in [0.29, 0.717) is 0 Å². The van der Waals surface area contributed by atoms with E-state index in [-0.39, 0.29) is 23.1 Å². The maximum Gasteiger partial charge on any atom is 0.455 e. The fraction of sp³-hybridized carbons (Fsp3) is 0.125. The van der Waals surface area contributed by atoms with Crippen molar-refractivity contribution in [1.82, 2.24) is 0 Å². The van der Waals surface area contributed by atoms with Crippen LogP contribution in [0.5, 0.6) is 0 Å². The summed E-state index contributed by atoms with van der Waals surface area (Å²) in [5.41, 5.74) is 2.82. The Labute approximate surface area is 94.6 Å². The molecule has 0 aliphatic carbocycles. The zero-order valence-corrected chi connectivity index (χ0v) is 8.75. The summed E-state index contributed by atoms with van der Waals surface area (Å²) in [6, 6.07) is 3.60. The number of alkyl halides is 3. The Balaban J connectivity index is 0.00000196. The van der Waals surface area contributed by atoms with Gasteiger partial charge in [0.15, 0.2) is 0 Å². The third-order valence-electron chi connectivity index (χ3n) is 1.57. The number of Topliss-reactive ketones (excluding diaryl/α,β-unsaturated/α-hetero) is 1. The van der Waals surface area contributed by atoms with Gasteiger partial charge in [0.05, 0.1) is 5.56 Å². The summed E-state index contributed by atoms with van der Waals surface area (Å²) >= 11 is 5.46. The van der Waals surface area contributed by atoms with Crippen LogP contribution in [0.4, 0.5) is 18.9 Å². The van der Waals surface area contributed by atoms with Gasteiger partial charge in [0.2, 0.25) is 0 Å². The van der Waals surface area contributed by atoms with E-state index in [1.54, 1.807) is 0 Å². The quantitative estimate of drug-likeness (QED) is 0.644. The van der Waals surface area contributed by atoms with Crippen molar-refractivity contribution >= 4 is 23.1 Å². The molecule has 0 heterocycles. The summed E-state index contributed by atoms with van der Waals surface area (Å²) in [4.78, 5) is 10.8. The number of carbonyl (C=O) groups excluding carboxylic acids is 1. The lowest BCUT2D eigenvalue weighted by Crippen LogP contribution is -3.00. The number of quaternary nitrogens is 1. The summed E-state index contributed by atoms with van der Waals surface area (Å²) in [6.45, 7) is 0. The number of carbonyl (C=O) groups is 1. The first-order chi connectivity index (χ1) is 6.32. The molecule has 7 heteroatoms.